The van der Waals surface area contributed by atoms with E-state index >= 15 is 0 Å². The van der Waals surface area contributed by atoms with Crippen LogP contribution in [0.1, 0.15) is 28.9 Å². The van der Waals surface area contributed by atoms with Crippen LogP contribution in [0.15, 0.2) is 78.9 Å². The fourth-order valence-electron chi connectivity index (χ4n) is 4.43. The molecular formula is C26H21FN2O5. The predicted molar refractivity (Wildman–Crippen MR) is 121 cm³/mol. The molecule has 7 nitrogen and oxygen atoms in total. The zero-order chi connectivity index (χ0) is 23.8. The Morgan fingerprint density at radius 3 is 2.24 bits per heavy atom. The Morgan fingerprint density at radius 1 is 0.912 bits per heavy atom. The number of benzene rings is 3. The highest BCUT2D eigenvalue weighted by atomic mass is 19.1. The molecule has 2 amide bonds. The summed E-state index contributed by atoms with van der Waals surface area (Å²) in [6.07, 6.45) is -1.03. The normalized spacial score (nSPS) is 21.6. The Balaban J connectivity index is 1.50. The molecule has 172 valence electrons. The number of para-hydroxylation sites is 1. The van der Waals surface area contributed by atoms with Gasteiger partial charge in [0, 0.05) is 0 Å². The summed E-state index contributed by atoms with van der Waals surface area (Å²) < 4.78 is 18.6. The van der Waals surface area contributed by atoms with Crippen LogP contribution in [-0.2, 0) is 19.2 Å². The first-order chi connectivity index (χ1) is 16.5. The Bertz CT molecular complexity index is 1230. The number of nitrogens with zero attached hydrogens (tertiary/aromatic N) is 2. The predicted octanol–water partition coefficient (Wildman–Crippen LogP) is 4.05. The van der Waals surface area contributed by atoms with Gasteiger partial charge in [0.05, 0.1) is 29.6 Å². The maximum Gasteiger partial charge on any atom is 0.338 e. The van der Waals surface area contributed by atoms with Gasteiger partial charge >= 0.3 is 5.97 Å². The van der Waals surface area contributed by atoms with Crippen LogP contribution in [0.5, 0.6) is 0 Å². The summed E-state index contributed by atoms with van der Waals surface area (Å²) in [6, 6.07) is 20.4. The summed E-state index contributed by atoms with van der Waals surface area (Å²) in [5.41, 5.74) is 1.99. The third-order valence-electron chi connectivity index (χ3n) is 5.97. The zero-order valence-electron chi connectivity index (χ0n) is 18.3. The lowest BCUT2D eigenvalue weighted by Gasteiger charge is -2.28. The van der Waals surface area contributed by atoms with Gasteiger partial charge in [-0.15, -0.1) is 0 Å². The number of carbonyl (C=O) groups is 3. The molecule has 3 atom stereocenters. The molecule has 0 N–H and O–H groups in total. The largest absolute Gasteiger partial charge is 0.462 e. The average Bonchev–Trinajstić information content (AvgIpc) is 3.36. The molecule has 3 aromatic rings. The summed E-state index contributed by atoms with van der Waals surface area (Å²) in [7, 11) is 0. The van der Waals surface area contributed by atoms with Gasteiger partial charge in [0.15, 0.2) is 6.10 Å². The monoisotopic (exact) mass is 460 g/mol. The number of fused-ring (bicyclic) bond motifs is 1. The van der Waals surface area contributed by atoms with E-state index in [9.17, 15) is 18.8 Å². The highest BCUT2D eigenvalue weighted by molar-refractivity contribution is 6.24. The quantitative estimate of drug-likeness (QED) is 0.422. The third kappa shape index (κ3) is 3.62. The molecule has 34 heavy (non-hydrogen) atoms. The van der Waals surface area contributed by atoms with Crippen LogP contribution in [-0.4, -0.2) is 30.5 Å². The maximum absolute atomic E-state index is 13.6. The number of esters is 1. The number of imide groups is 1. The van der Waals surface area contributed by atoms with E-state index in [1.165, 1.54) is 36.4 Å². The van der Waals surface area contributed by atoms with E-state index in [2.05, 4.69) is 0 Å². The summed E-state index contributed by atoms with van der Waals surface area (Å²) in [5, 5.41) is 1.56. The molecule has 0 saturated carbocycles. The van der Waals surface area contributed by atoms with Gasteiger partial charge < -0.3 is 4.74 Å². The van der Waals surface area contributed by atoms with Crippen LogP contribution in [0, 0.1) is 11.7 Å². The second-order valence-electron chi connectivity index (χ2n) is 7.99. The molecule has 0 radical (unpaired) electrons. The van der Waals surface area contributed by atoms with Gasteiger partial charge in [-0.3, -0.25) is 14.4 Å². The topological polar surface area (TPSA) is 76.2 Å². The Kier molecular flexibility index (Phi) is 5.59. The molecule has 0 bridgehead atoms. The lowest BCUT2D eigenvalue weighted by atomic mass is 9.90. The van der Waals surface area contributed by atoms with Crippen molar-refractivity contribution in [1.82, 2.24) is 0 Å². The lowest BCUT2D eigenvalue weighted by Crippen LogP contribution is -2.37. The van der Waals surface area contributed by atoms with E-state index < -0.39 is 41.7 Å². The Hall–Kier alpha value is -4.04. The highest BCUT2D eigenvalue weighted by Gasteiger charge is 2.60. The van der Waals surface area contributed by atoms with Crippen LogP contribution >= 0.6 is 0 Å². The molecule has 8 heteroatoms. The standard InChI is InChI=1S/C26H21FN2O5/c1-2-33-26(32)17-10-14-19(15-11-17)28-24(30)21-22(16-8-12-18(27)13-9-16)29(34-23(21)25(28)31)20-6-4-3-5-7-20/h3-15,21-23H,2H2,1H3/t21-,22-,23-/m0/s1. The van der Waals surface area contributed by atoms with Crippen molar-refractivity contribution >= 4 is 29.2 Å². The number of hydrogen-bond donors (Lipinski definition) is 0. The molecule has 2 aliphatic rings. The minimum absolute atomic E-state index is 0.243. The first-order valence-electron chi connectivity index (χ1n) is 10.9. The maximum atomic E-state index is 13.6. The second-order valence-corrected chi connectivity index (χ2v) is 7.99. The van der Waals surface area contributed by atoms with E-state index in [1.807, 2.05) is 30.3 Å². The van der Waals surface area contributed by atoms with Gasteiger partial charge in [0.2, 0.25) is 5.91 Å². The molecule has 5 rings (SSSR count). The first-order valence-corrected chi connectivity index (χ1v) is 10.9. The van der Waals surface area contributed by atoms with Gasteiger partial charge in [-0.25, -0.2) is 19.1 Å². The Morgan fingerprint density at radius 2 is 1.59 bits per heavy atom. The van der Waals surface area contributed by atoms with Crippen LogP contribution in [0.25, 0.3) is 0 Å². The number of anilines is 2. The van der Waals surface area contributed by atoms with Crippen LogP contribution in [0.2, 0.25) is 0 Å². The highest BCUT2D eigenvalue weighted by Crippen LogP contribution is 2.47. The van der Waals surface area contributed by atoms with Crippen molar-refractivity contribution in [3.63, 3.8) is 0 Å². The van der Waals surface area contributed by atoms with E-state index in [4.69, 9.17) is 9.57 Å². The molecule has 2 saturated heterocycles. The van der Waals surface area contributed by atoms with Gasteiger partial charge in [-0.1, -0.05) is 30.3 Å². The minimum Gasteiger partial charge on any atom is -0.462 e. The summed E-state index contributed by atoms with van der Waals surface area (Å²) in [5.74, 6) is -2.63. The molecule has 2 fully saturated rings. The SMILES string of the molecule is CCOC(=O)c1ccc(N2C(=O)[C@@H]3[C@H](ON(c4ccccc4)[C@H]3c3ccc(F)cc3)C2=O)cc1. The summed E-state index contributed by atoms with van der Waals surface area (Å²) >= 11 is 0. The molecular weight excluding hydrogens is 439 g/mol. The smallest absolute Gasteiger partial charge is 0.338 e. The van der Waals surface area contributed by atoms with Crippen molar-refractivity contribution in [2.24, 2.45) is 5.92 Å². The zero-order valence-corrected chi connectivity index (χ0v) is 18.3. The number of hydroxylamine groups is 1. The van der Waals surface area contributed by atoms with Gasteiger partial charge in [0.1, 0.15) is 11.7 Å². The van der Waals surface area contributed by atoms with Crippen molar-refractivity contribution in [1.29, 1.82) is 0 Å². The molecule has 0 unspecified atom stereocenters. The first kappa shape index (κ1) is 21.8. The van der Waals surface area contributed by atoms with Crippen LogP contribution in [0.3, 0.4) is 0 Å². The van der Waals surface area contributed by atoms with Crippen molar-refractivity contribution in [2.75, 3.05) is 16.6 Å². The van der Waals surface area contributed by atoms with E-state index in [1.54, 1.807) is 24.1 Å². The number of amides is 2. The number of halogens is 1. The van der Waals surface area contributed by atoms with E-state index in [-0.39, 0.29) is 6.61 Å². The van der Waals surface area contributed by atoms with Crippen LogP contribution in [0.4, 0.5) is 15.8 Å². The number of rotatable bonds is 5. The fourth-order valence-corrected chi connectivity index (χ4v) is 4.43. The number of hydrogen-bond acceptors (Lipinski definition) is 6. The van der Waals surface area contributed by atoms with Gasteiger partial charge in [-0.2, -0.15) is 0 Å². The average molecular weight is 460 g/mol. The number of carbonyl (C=O) groups excluding carboxylic acids is 3. The van der Waals surface area contributed by atoms with Crippen molar-refractivity contribution in [3.05, 3.63) is 95.8 Å². The number of ether oxygens (including phenoxy) is 1. The van der Waals surface area contributed by atoms with Crippen molar-refractivity contribution in [2.45, 2.75) is 19.1 Å². The molecule has 0 spiro atoms. The molecule has 0 aromatic heterocycles. The fraction of sp³-hybridized carbons (Fsp3) is 0.192. The second kappa shape index (κ2) is 8.72. The molecule has 2 aliphatic heterocycles. The molecule has 2 heterocycles. The summed E-state index contributed by atoms with van der Waals surface area (Å²) in [6.45, 7) is 1.95. The van der Waals surface area contributed by atoms with E-state index in [0.29, 0.717) is 22.5 Å². The van der Waals surface area contributed by atoms with Crippen molar-refractivity contribution < 1.29 is 28.3 Å². The van der Waals surface area contributed by atoms with Crippen molar-refractivity contribution in [3.8, 4) is 0 Å². The van der Waals surface area contributed by atoms with Crippen LogP contribution < -0.4 is 9.96 Å². The van der Waals surface area contributed by atoms with Gasteiger partial charge in [0.25, 0.3) is 5.91 Å². The third-order valence-corrected chi connectivity index (χ3v) is 5.97. The van der Waals surface area contributed by atoms with Gasteiger partial charge in [-0.05, 0) is 61.0 Å². The molecule has 3 aromatic carbocycles. The van der Waals surface area contributed by atoms with E-state index in [0.717, 1.165) is 4.90 Å². The Labute approximate surface area is 195 Å². The summed E-state index contributed by atoms with van der Waals surface area (Å²) in [4.78, 5) is 46.0. The minimum atomic E-state index is -1.03. The lowest BCUT2D eigenvalue weighted by molar-refractivity contribution is -0.126. The molecule has 0 aliphatic carbocycles.